The van der Waals surface area contributed by atoms with Crippen molar-refractivity contribution in [1.29, 1.82) is 0 Å². The van der Waals surface area contributed by atoms with Gasteiger partial charge in [-0.3, -0.25) is 0 Å². The number of hydrogen-bond donors (Lipinski definition) is 0. The molecule has 118 valence electrons. The first-order valence-corrected chi connectivity index (χ1v) is 8.01. The number of aryl methyl sites for hydroxylation is 2. The molecule has 1 aliphatic heterocycles. The summed E-state index contributed by atoms with van der Waals surface area (Å²) in [5.41, 5.74) is 1.27. The Labute approximate surface area is 131 Å². The third-order valence-electron chi connectivity index (χ3n) is 4.32. The molecule has 0 bridgehead atoms. The predicted octanol–water partition coefficient (Wildman–Crippen LogP) is 2.44. The number of nitrogens with zero attached hydrogens (tertiary/aromatic N) is 4. The number of likely N-dealkylation sites (tertiary alicyclic amines) is 1. The first-order chi connectivity index (χ1) is 10.7. The van der Waals surface area contributed by atoms with Crippen LogP contribution in [0.15, 0.2) is 30.6 Å². The molecule has 0 unspecified atom stereocenters. The fourth-order valence-electron chi connectivity index (χ4n) is 2.84. The average molecular weight is 300 g/mol. The van der Waals surface area contributed by atoms with Gasteiger partial charge in [-0.1, -0.05) is 17.7 Å². The molecule has 0 amide bonds. The molecule has 5 heteroatoms. The van der Waals surface area contributed by atoms with Gasteiger partial charge in [-0.25, -0.2) is 0 Å². The maximum absolute atomic E-state index is 6.08. The van der Waals surface area contributed by atoms with Crippen LogP contribution in [0, 0.1) is 13.8 Å². The van der Waals surface area contributed by atoms with Gasteiger partial charge in [-0.2, -0.15) is 0 Å². The van der Waals surface area contributed by atoms with Crippen molar-refractivity contribution in [3.8, 4) is 5.75 Å². The van der Waals surface area contributed by atoms with Gasteiger partial charge >= 0.3 is 0 Å². The van der Waals surface area contributed by atoms with Crippen LogP contribution in [-0.2, 0) is 6.54 Å². The van der Waals surface area contributed by atoms with Gasteiger partial charge in [-0.05, 0) is 38.8 Å². The summed E-state index contributed by atoms with van der Waals surface area (Å²) < 4.78 is 8.18. The number of benzene rings is 1. The van der Waals surface area contributed by atoms with E-state index in [1.54, 1.807) is 0 Å². The lowest BCUT2D eigenvalue weighted by molar-refractivity contribution is 0.0984. The molecule has 1 fully saturated rings. The van der Waals surface area contributed by atoms with E-state index in [1.165, 1.54) is 5.56 Å². The summed E-state index contributed by atoms with van der Waals surface area (Å²) in [6, 6.07) is 8.34. The lowest BCUT2D eigenvalue weighted by Crippen LogP contribution is -2.39. The molecule has 0 radical (unpaired) electrons. The average Bonchev–Trinajstić information content (AvgIpc) is 2.94. The summed E-state index contributed by atoms with van der Waals surface area (Å²) in [4.78, 5) is 2.49. The van der Waals surface area contributed by atoms with Gasteiger partial charge in [0.25, 0.3) is 0 Å². The Morgan fingerprint density at radius 2 is 1.82 bits per heavy atom. The fourth-order valence-corrected chi connectivity index (χ4v) is 2.84. The second-order valence-electron chi connectivity index (χ2n) is 6.04. The number of ether oxygens (including phenoxy) is 1. The van der Waals surface area contributed by atoms with E-state index in [0.717, 1.165) is 50.6 Å². The SMILES string of the molecule is Cc1ccc(OC2CCN(CCn3cnnc3C)CC2)cc1. The van der Waals surface area contributed by atoms with Crippen molar-refractivity contribution in [2.24, 2.45) is 0 Å². The number of piperidine rings is 1. The molecule has 1 aliphatic rings. The molecule has 0 saturated carbocycles. The largest absolute Gasteiger partial charge is 0.490 e. The molecule has 1 aromatic carbocycles. The van der Waals surface area contributed by atoms with E-state index in [-0.39, 0.29) is 0 Å². The van der Waals surface area contributed by atoms with Crippen molar-refractivity contribution in [2.75, 3.05) is 19.6 Å². The molecule has 0 aliphatic carbocycles. The van der Waals surface area contributed by atoms with Gasteiger partial charge in [0.1, 0.15) is 24.0 Å². The van der Waals surface area contributed by atoms with Crippen LogP contribution < -0.4 is 4.74 Å². The van der Waals surface area contributed by atoms with Crippen LogP contribution in [0.4, 0.5) is 0 Å². The summed E-state index contributed by atoms with van der Waals surface area (Å²) in [5.74, 6) is 1.97. The first kappa shape index (κ1) is 15.0. The third-order valence-corrected chi connectivity index (χ3v) is 4.32. The molecule has 0 N–H and O–H groups in total. The highest BCUT2D eigenvalue weighted by atomic mass is 16.5. The second-order valence-corrected chi connectivity index (χ2v) is 6.04. The Bertz CT molecular complexity index is 585. The molecule has 2 heterocycles. The van der Waals surface area contributed by atoms with E-state index >= 15 is 0 Å². The molecule has 3 rings (SSSR count). The van der Waals surface area contributed by atoms with Gasteiger partial charge in [0.2, 0.25) is 0 Å². The zero-order valence-electron chi connectivity index (χ0n) is 13.4. The monoisotopic (exact) mass is 300 g/mol. The minimum Gasteiger partial charge on any atom is -0.490 e. The Hall–Kier alpha value is -1.88. The Morgan fingerprint density at radius 1 is 1.09 bits per heavy atom. The smallest absolute Gasteiger partial charge is 0.129 e. The molecule has 5 nitrogen and oxygen atoms in total. The van der Waals surface area contributed by atoms with Gasteiger partial charge < -0.3 is 14.2 Å². The van der Waals surface area contributed by atoms with E-state index in [1.807, 2.05) is 13.3 Å². The van der Waals surface area contributed by atoms with E-state index in [2.05, 4.69) is 50.9 Å². The van der Waals surface area contributed by atoms with Crippen LogP contribution in [0.25, 0.3) is 0 Å². The Kier molecular flexibility index (Phi) is 4.73. The van der Waals surface area contributed by atoms with Crippen molar-refractivity contribution in [1.82, 2.24) is 19.7 Å². The van der Waals surface area contributed by atoms with E-state index in [0.29, 0.717) is 6.10 Å². The predicted molar refractivity (Wildman–Crippen MR) is 86.0 cm³/mol. The van der Waals surface area contributed by atoms with Gasteiger partial charge in [0.05, 0.1) is 0 Å². The van der Waals surface area contributed by atoms with Crippen LogP contribution in [0.1, 0.15) is 24.2 Å². The zero-order valence-corrected chi connectivity index (χ0v) is 13.4. The lowest BCUT2D eigenvalue weighted by atomic mass is 10.1. The van der Waals surface area contributed by atoms with Gasteiger partial charge in [-0.15, -0.1) is 10.2 Å². The second kappa shape index (κ2) is 6.92. The van der Waals surface area contributed by atoms with Crippen molar-refractivity contribution in [3.05, 3.63) is 42.0 Å². The van der Waals surface area contributed by atoms with Gasteiger partial charge in [0.15, 0.2) is 0 Å². The maximum atomic E-state index is 6.08. The lowest BCUT2D eigenvalue weighted by Gasteiger charge is -2.32. The van der Waals surface area contributed by atoms with Crippen LogP contribution in [0.5, 0.6) is 5.75 Å². The molecule has 2 aromatic rings. The molecular weight excluding hydrogens is 276 g/mol. The number of aromatic nitrogens is 3. The third kappa shape index (κ3) is 3.85. The van der Waals surface area contributed by atoms with E-state index in [9.17, 15) is 0 Å². The molecule has 1 saturated heterocycles. The van der Waals surface area contributed by atoms with Crippen molar-refractivity contribution in [3.63, 3.8) is 0 Å². The summed E-state index contributed by atoms with van der Waals surface area (Å²) in [7, 11) is 0. The molecule has 1 aromatic heterocycles. The number of hydrogen-bond acceptors (Lipinski definition) is 4. The highest BCUT2D eigenvalue weighted by Gasteiger charge is 2.20. The Morgan fingerprint density at radius 3 is 2.45 bits per heavy atom. The standard InChI is InChI=1S/C17H24N4O/c1-14-3-5-16(6-4-14)22-17-7-9-20(10-8-17)11-12-21-13-18-19-15(21)2/h3-6,13,17H,7-12H2,1-2H3. The highest BCUT2D eigenvalue weighted by Crippen LogP contribution is 2.19. The molecular formula is C17H24N4O. The normalized spacial score (nSPS) is 16.8. The number of rotatable bonds is 5. The van der Waals surface area contributed by atoms with E-state index < -0.39 is 0 Å². The molecule has 0 atom stereocenters. The van der Waals surface area contributed by atoms with Crippen LogP contribution in [-0.4, -0.2) is 45.4 Å². The zero-order chi connectivity index (χ0) is 15.4. The van der Waals surface area contributed by atoms with Crippen molar-refractivity contribution in [2.45, 2.75) is 39.3 Å². The summed E-state index contributed by atoms with van der Waals surface area (Å²) >= 11 is 0. The van der Waals surface area contributed by atoms with Crippen LogP contribution >= 0.6 is 0 Å². The summed E-state index contributed by atoms with van der Waals surface area (Å²) in [5, 5.41) is 7.94. The molecule has 22 heavy (non-hydrogen) atoms. The first-order valence-electron chi connectivity index (χ1n) is 8.01. The minimum atomic E-state index is 0.343. The van der Waals surface area contributed by atoms with E-state index in [4.69, 9.17) is 4.74 Å². The maximum Gasteiger partial charge on any atom is 0.129 e. The Balaban J connectivity index is 1.42. The van der Waals surface area contributed by atoms with Crippen molar-refractivity contribution < 1.29 is 4.74 Å². The van der Waals surface area contributed by atoms with Crippen LogP contribution in [0.3, 0.4) is 0 Å². The molecule has 0 spiro atoms. The van der Waals surface area contributed by atoms with Crippen molar-refractivity contribution >= 4 is 0 Å². The van der Waals surface area contributed by atoms with Crippen LogP contribution in [0.2, 0.25) is 0 Å². The highest BCUT2D eigenvalue weighted by molar-refractivity contribution is 5.26. The summed E-state index contributed by atoms with van der Waals surface area (Å²) in [6.07, 6.45) is 4.34. The topological polar surface area (TPSA) is 43.2 Å². The minimum absolute atomic E-state index is 0.343. The quantitative estimate of drug-likeness (QED) is 0.850. The fraction of sp³-hybridized carbons (Fsp3) is 0.529. The van der Waals surface area contributed by atoms with Gasteiger partial charge in [0, 0.05) is 26.2 Å². The summed E-state index contributed by atoms with van der Waals surface area (Å²) in [6.45, 7) is 8.29.